The lowest BCUT2D eigenvalue weighted by Crippen LogP contribution is -2.31. The predicted octanol–water partition coefficient (Wildman–Crippen LogP) is 4.91. The lowest BCUT2D eigenvalue weighted by atomic mass is 10.2. The smallest absolute Gasteiger partial charge is 0.272 e. The van der Waals surface area contributed by atoms with Gasteiger partial charge in [-0.15, -0.1) is 0 Å². The molecule has 0 fully saturated rings. The van der Waals surface area contributed by atoms with Crippen LogP contribution in [0.25, 0.3) is 0 Å². The second kappa shape index (κ2) is 14.2. The second-order valence-electron chi connectivity index (χ2n) is 10.6. The Balaban J connectivity index is 1.02. The molecular weight excluding hydrogens is 524 g/mol. The van der Waals surface area contributed by atoms with Gasteiger partial charge in [0.2, 0.25) is 0 Å². The van der Waals surface area contributed by atoms with E-state index >= 15 is 0 Å². The maximum Gasteiger partial charge on any atom is 0.272 e. The van der Waals surface area contributed by atoms with Crippen LogP contribution in [-0.4, -0.2) is 82.1 Å². The summed E-state index contributed by atoms with van der Waals surface area (Å²) in [5.74, 6) is 0. The lowest BCUT2D eigenvalue weighted by Gasteiger charge is -2.24. The van der Waals surface area contributed by atoms with Gasteiger partial charge in [0.15, 0.2) is 0 Å². The number of anilines is 2. The summed E-state index contributed by atoms with van der Waals surface area (Å²) in [6.07, 6.45) is 11.7. The quantitative estimate of drug-likeness (QED) is 0.165. The highest BCUT2D eigenvalue weighted by Gasteiger charge is 2.15. The minimum atomic E-state index is -0.351. The molecule has 0 saturated carbocycles. The fraction of sp³-hybridized carbons (Fsp3) is 0.448. The average Bonchev–Trinajstić information content (AvgIpc) is 3.58. The molecule has 0 atom stereocenters. The van der Waals surface area contributed by atoms with Crippen molar-refractivity contribution in [3.05, 3.63) is 92.6 Å². The molecule has 0 saturated heterocycles. The molecule has 0 spiro atoms. The van der Waals surface area contributed by atoms with Crippen LogP contribution in [0.1, 0.15) is 30.4 Å². The Labute approximate surface area is 241 Å². The molecule has 4 rings (SSSR count). The fourth-order valence-corrected chi connectivity index (χ4v) is 5.06. The van der Waals surface area contributed by atoms with Crippen molar-refractivity contribution < 1.29 is 9.85 Å². The summed E-state index contributed by atoms with van der Waals surface area (Å²) in [6.45, 7) is 10.9. The Morgan fingerprint density at radius 1 is 0.634 bits per heavy atom. The molecule has 2 aliphatic rings. The van der Waals surface area contributed by atoms with Crippen LogP contribution in [-0.2, 0) is 0 Å². The number of rotatable bonds is 16. The Morgan fingerprint density at radius 2 is 1.00 bits per heavy atom. The molecule has 2 aromatic carbocycles. The normalized spacial score (nSPS) is 14.3. The van der Waals surface area contributed by atoms with Gasteiger partial charge in [-0.1, -0.05) is 0 Å². The summed E-state index contributed by atoms with van der Waals surface area (Å²) in [6, 6.07) is 10.3. The molecule has 41 heavy (non-hydrogen) atoms. The van der Waals surface area contributed by atoms with E-state index in [0.717, 1.165) is 83.2 Å². The molecule has 12 nitrogen and oxygen atoms in total. The summed E-state index contributed by atoms with van der Waals surface area (Å²) in [5.41, 5.74) is 3.46. The molecule has 0 bridgehead atoms. The largest absolute Gasteiger partial charge is 0.385 e. The van der Waals surface area contributed by atoms with Crippen LogP contribution < -0.4 is 10.6 Å². The monoisotopic (exact) mass is 564 g/mol. The molecule has 0 aliphatic carbocycles. The standard InChI is InChI=1S/C29H40N8O4/c1-24-20-26(6-8-28(24)36(38)39)30-10-3-12-32-16-18-34(22-32)14-5-15-35-19-17-33(23-35)13-4-11-31-27-7-9-29(37(40)41)25(2)21-27/h6-9,16-21,30-31H,3-5,10-15,22-23H2,1-2H3. The van der Waals surface area contributed by atoms with Crippen LogP contribution in [0.4, 0.5) is 22.7 Å². The van der Waals surface area contributed by atoms with Crippen LogP contribution in [0.3, 0.4) is 0 Å². The number of nitro groups is 2. The topological polar surface area (TPSA) is 123 Å². The summed E-state index contributed by atoms with van der Waals surface area (Å²) in [5, 5.41) is 28.7. The maximum atomic E-state index is 11.0. The Kier molecular flexibility index (Phi) is 10.2. The van der Waals surface area contributed by atoms with Crippen molar-refractivity contribution in [3.8, 4) is 0 Å². The van der Waals surface area contributed by atoms with Gasteiger partial charge in [0.25, 0.3) is 11.4 Å². The molecule has 220 valence electrons. The van der Waals surface area contributed by atoms with E-state index in [1.807, 2.05) is 12.1 Å². The third-order valence-electron chi connectivity index (χ3n) is 7.28. The first kappa shape index (κ1) is 29.5. The van der Waals surface area contributed by atoms with Crippen LogP contribution in [0.15, 0.2) is 61.2 Å². The minimum Gasteiger partial charge on any atom is -0.385 e. The van der Waals surface area contributed by atoms with E-state index in [1.165, 1.54) is 0 Å². The van der Waals surface area contributed by atoms with E-state index in [9.17, 15) is 20.2 Å². The summed E-state index contributed by atoms with van der Waals surface area (Å²) < 4.78 is 0. The van der Waals surface area contributed by atoms with Crippen molar-refractivity contribution in [2.24, 2.45) is 0 Å². The van der Waals surface area contributed by atoms with Gasteiger partial charge in [0.1, 0.15) is 0 Å². The third kappa shape index (κ3) is 8.75. The van der Waals surface area contributed by atoms with Gasteiger partial charge in [-0.05, 0) is 57.4 Å². The molecule has 0 aromatic heterocycles. The van der Waals surface area contributed by atoms with Crippen LogP contribution in [0.5, 0.6) is 0 Å². The molecule has 0 radical (unpaired) electrons. The highest BCUT2D eigenvalue weighted by molar-refractivity contribution is 5.54. The second-order valence-corrected chi connectivity index (χ2v) is 10.6. The lowest BCUT2D eigenvalue weighted by molar-refractivity contribution is -0.385. The van der Waals surface area contributed by atoms with E-state index in [1.54, 1.807) is 38.1 Å². The minimum absolute atomic E-state index is 0.150. The first-order chi connectivity index (χ1) is 19.8. The van der Waals surface area contributed by atoms with Crippen molar-refractivity contribution in [1.29, 1.82) is 0 Å². The molecule has 2 heterocycles. The SMILES string of the molecule is Cc1cc(NCCCN2C=CN(CCCN3C=CN(CCCNc4ccc([N+](=O)[O-])c(C)c4)C3)C2)ccc1[N+](=O)[O-]. The zero-order valence-corrected chi connectivity index (χ0v) is 23.9. The number of nitrogens with zero attached hydrogens (tertiary/aromatic N) is 6. The van der Waals surface area contributed by atoms with Crippen LogP contribution >= 0.6 is 0 Å². The summed E-state index contributed by atoms with van der Waals surface area (Å²) in [4.78, 5) is 30.5. The number of aryl methyl sites for hydroxylation is 2. The zero-order valence-electron chi connectivity index (χ0n) is 23.9. The number of hydrogen-bond donors (Lipinski definition) is 2. The number of benzene rings is 2. The Bertz CT molecular complexity index is 1170. The van der Waals surface area contributed by atoms with Crippen molar-refractivity contribution in [3.63, 3.8) is 0 Å². The number of nitro benzene ring substituents is 2. The summed E-state index contributed by atoms with van der Waals surface area (Å²) >= 11 is 0. The van der Waals surface area contributed by atoms with Gasteiger partial charge in [-0.2, -0.15) is 0 Å². The number of hydrogen-bond acceptors (Lipinski definition) is 10. The maximum absolute atomic E-state index is 11.0. The predicted molar refractivity (Wildman–Crippen MR) is 161 cm³/mol. The highest BCUT2D eigenvalue weighted by Crippen LogP contribution is 2.22. The Hall–Kier alpha value is -4.48. The van der Waals surface area contributed by atoms with Crippen molar-refractivity contribution in [1.82, 2.24) is 19.6 Å². The molecule has 2 N–H and O–H groups in total. The van der Waals surface area contributed by atoms with Gasteiger partial charge < -0.3 is 30.2 Å². The molecule has 0 amide bonds. The molecule has 2 aliphatic heterocycles. The van der Waals surface area contributed by atoms with Gasteiger partial charge >= 0.3 is 0 Å². The van der Waals surface area contributed by atoms with Crippen molar-refractivity contribution in [2.45, 2.75) is 33.1 Å². The average molecular weight is 565 g/mol. The van der Waals surface area contributed by atoms with Crippen molar-refractivity contribution in [2.75, 3.05) is 63.2 Å². The molecule has 2 aromatic rings. The molecular formula is C29H40N8O4. The molecule has 12 heteroatoms. The van der Waals surface area contributed by atoms with Crippen LogP contribution in [0.2, 0.25) is 0 Å². The van der Waals surface area contributed by atoms with E-state index in [2.05, 4.69) is 55.0 Å². The van der Waals surface area contributed by atoms with E-state index in [-0.39, 0.29) is 21.2 Å². The van der Waals surface area contributed by atoms with Gasteiger partial charge in [0.05, 0.1) is 23.2 Å². The van der Waals surface area contributed by atoms with E-state index < -0.39 is 0 Å². The first-order valence-electron chi connectivity index (χ1n) is 14.1. The van der Waals surface area contributed by atoms with Crippen molar-refractivity contribution >= 4 is 22.7 Å². The van der Waals surface area contributed by atoms with Gasteiger partial charge in [0, 0.05) is 98.7 Å². The van der Waals surface area contributed by atoms with Gasteiger partial charge in [-0.3, -0.25) is 20.2 Å². The fourth-order valence-electron chi connectivity index (χ4n) is 5.06. The zero-order chi connectivity index (χ0) is 29.2. The summed E-state index contributed by atoms with van der Waals surface area (Å²) in [7, 11) is 0. The number of nitrogens with one attached hydrogen (secondary N) is 2. The Morgan fingerprint density at radius 3 is 1.34 bits per heavy atom. The molecule has 0 unspecified atom stereocenters. The van der Waals surface area contributed by atoms with E-state index in [4.69, 9.17) is 0 Å². The van der Waals surface area contributed by atoms with E-state index in [0.29, 0.717) is 11.1 Å². The first-order valence-corrected chi connectivity index (χ1v) is 14.1. The third-order valence-corrected chi connectivity index (χ3v) is 7.28. The van der Waals surface area contributed by atoms with Gasteiger partial charge in [-0.25, -0.2) is 0 Å². The highest BCUT2D eigenvalue weighted by atomic mass is 16.6. The van der Waals surface area contributed by atoms with Crippen LogP contribution in [0, 0.1) is 34.1 Å².